The second-order valence-corrected chi connectivity index (χ2v) is 6.90. The highest BCUT2D eigenvalue weighted by Gasteiger charge is 2.22. The van der Waals surface area contributed by atoms with Gasteiger partial charge in [-0.15, -0.1) is 11.8 Å². The predicted molar refractivity (Wildman–Crippen MR) is 81.8 cm³/mol. The van der Waals surface area contributed by atoms with Crippen molar-refractivity contribution in [2.75, 3.05) is 31.9 Å². The lowest BCUT2D eigenvalue weighted by atomic mass is 10.1. The van der Waals surface area contributed by atoms with E-state index in [2.05, 4.69) is 10.6 Å². The molecule has 0 atom stereocenters. The fourth-order valence-corrected chi connectivity index (χ4v) is 3.80. The Morgan fingerprint density at radius 2 is 1.85 bits per heavy atom. The minimum absolute atomic E-state index is 0.135. The van der Waals surface area contributed by atoms with Gasteiger partial charge in [0.05, 0.1) is 5.75 Å². The largest absolute Gasteiger partial charge is 0.353 e. The highest BCUT2D eigenvalue weighted by molar-refractivity contribution is 8.00. The van der Waals surface area contributed by atoms with Crippen LogP contribution >= 0.6 is 11.8 Å². The molecule has 0 saturated carbocycles. The monoisotopic (exact) mass is 299 g/mol. The van der Waals surface area contributed by atoms with E-state index in [-0.39, 0.29) is 17.9 Å². The van der Waals surface area contributed by atoms with Gasteiger partial charge in [-0.3, -0.25) is 9.59 Å². The number of piperidine rings is 2. The average Bonchev–Trinajstić information content (AvgIpc) is 2.47. The number of amides is 2. The van der Waals surface area contributed by atoms with Gasteiger partial charge in [-0.2, -0.15) is 0 Å². The first-order valence-corrected chi connectivity index (χ1v) is 8.57. The summed E-state index contributed by atoms with van der Waals surface area (Å²) in [4.78, 5) is 25.0. The van der Waals surface area contributed by atoms with Crippen LogP contribution in [0.1, 0.15) is 32.6 Å². The molecule has 5 nitrogen and oxygen atoms in total. The Balaban J connectivity index is 1.61. The SMILES string of the molecule is CC(=O)N1CCC(NC(=O)CSC2CCNCC2)CC1. The molecule has 0 bridgehead atoms. The van der Waals surface area contributed by atoms with E-state index in [1.807, 2.05) is 4.90 Å². The van der Waals surface area contributed by atoms with Gasteiger partial charge >= 0.3 is 0 Å². The van der Waals surface area contributed by atoms with Crippen LogP contribution in [0.2, 0.25) is 0 Å². The van der Waals surface area contributed by atoms with Gasteiger partial charge in [-0.05, 0) is 38.8 Å². The number of hydrogen-bond donors (Lipinski definition) is 2. The summed E-state index contributed by atoms with van der Waals surface area (Å²) in [5.41, 5.74) is 0. The maximum absolute atomic E-state index is 11.9. The Kier molecular flexibility index (Phi) is 6.16. The van der Waals surface area contributed by atoms with Gasteiger partial charge in [0.15, 0.2) is 0 Å². The van der Waals surface area contributed by atoms with E-state index < -0.39 is 0 Å². The summed E-state index contributed by atoms with van der Waals surface area (Å²) in [7, 11) is 0. The van der Waals surface area contributed by atoms with Gasteiger partial charge in [-0.25, -0.2) is 0 Å². The van der Waals surface area contributed by atoms with E-state index in [0.29, 0.717) is 11.0 Å². The van der Waals surface area contributed by atoms with E-state index in [4.69, 9.17) is 0 Å². The topological polar surface area (TPSA) is 61.4 Å². The summed E-state index contributed by atoms with van der Waals surface area (Å²) in [6.45, 7) is 5.28. The third kappa shape index (κ3) is 4.98. The van der Waals surface area contributed by atoms with E-state index in [0.717, 1.165) is 51.9 Å². The Morgan fingerprint density at radius 3 is 2.45 bits per heavy atom. The van der Waals surface area contributed by atoms with Crippen molar-refractivity contribution in [2.45, 2.75) is 43.9 Å². The van der Waals surface area contributed by atoms with Crippen molar-refractivity contribution >= 4 is 23.6 Å². The van der Waals surface area contributed by atoms with Crippen molar-refractivity contribution in [1.82, 2.24) is 15.5 Å². The summed E-state index contributed by atoms with van der Waals surface area (Å²) in [5.74, 6) is 0.850. The molecular formula is C14H25N3O2S. The molecule has 0 spiro atoms. The Morgan fingerprint density at radius 1 is 1.20 bits per heavy atom. The zero-order valence-corrected chi connectivity index (χ0v) is 13.0. The molecule has 2 heterocycles. The van der Waals surface area contributed by atoms with Gasteiger partial charge in [0.25, 0.3) is 0 Å². The van der Waals surface area contributed by atoms with Gasteiger partial charge in [-0.1, -0.05) is 0 Å². The van der Waals surface area contributed by atoms with Crippen molar-refractivity contribution < 1.29 is 9.59 Å². The van der Waals surface area contributed by atoms with E-state index in [1.54, 1.807) is 18.7 Å². The molecule has 114 valence electrons. The molecule has 0 aliphatic carbocycles. The number of rotatable bonds is 4. The molecule has 0 radical (unpaired) electrons. The Labute approximate surface area is 125 Å². The second kappa shape index (κ2) is 7.88. The quantitative estimate of drug-likeness (QED) is 0.798. The number of carbonyl (C=O) groups is 2. The number of nitrogens with one attached hydrogen (secondary N) is 2. The van der Waals surface area contributed by atoms with Crippen molar-refractivity contribution in [2.24, 2.45) is 0 Å². The third-order valence-electron chi connectivity index (χ3n) is 4.04. The van der Waals surface area contributed by atoms with E-state index in [1.165, 1.54) is 0 Å². The van der Waals surface area contributed by atoms with Gasteiger partial charge in [0.1, 0.15) is 0 Å². The van der Waals surface area contributed by atoms with Crippen molar-refractivity contribution in [3.05, 3.63) is 0 Å². The van der Waals surface area contributed by atoms with Crippen LogP contribution in [-0.4, -0.2) is 59.9 Å². The van der Waals surface area contributed by atoms with E-state index >= 15 is 0 Å². The van der Waals surface area contributed by atoms with E-state index in [9.17, 15) is 9.59 Å². The number of likely N-dealkylation sites (tertiary alicyclic amines) is 1. The molecule has 0 aromatic rings. The van der Waals surface area contributed by atoms with Crippen LogP contribution < -0.4 is 10.6 Å². The second-order valence-electron chi connectivity index (χ2n) is 5.61. The number of thioether (sulfide) groups is 1. The summed E-state index contributed by atoms with van der Waals surface area (Å²) in [6.07, 6.45) is 4.08. The normalized spacial score (nSPS) is 21.8. The fourth-order valence-electron chi connectivity index (χ4n) is 2.76. The fraction of sp³-hybridized carbons (Fsp3) is 0.857. The third-order valence-corrected chi connectivity index (χ3v) is 5.41. The molecule has 20 heavy (non-hydrogen) atoms. The molecule has 2 N–H and O–H groups in total. The Bertz CT molecular complexity index is 337. The zero-order valence-electron chi connectivity index (χ0n) is 12.2. The highest BCUT2D eigenvalue weighted by atomic mass is 32.2. The molecular weight excluding hydrogens is 274 g/mol. The lowest BCUT2D eigenvalue weighted by Gasteiger charge is -2.31. The molecule has 6 heteroatoms. The molecule has 2 amide bonds. The average molecular weight is 299 g/mol. The molecule has 2 aliphatic rings. The summed E-state index contributed by atoms with van der Waals surface area (Å²) < 4.78 is 0. The minimum atomic E-state index is 0.135. The number of hydrogen-bond acceptors (Lipinski definition) is 4. The molecule has 0 aromatic carbocycles. The highest BCUT2D eigenvalue weighted by Crippen LogP contribution is 2.20. The van der Waals surface area contributed by atoms with Crippen LogP contribution in [0, 0.1) is 0 Å². The molecule has 2 rings (SSSR count). The van der Waals surface area contributed by atoms with Crippen LogP contribution in [0.15, 0.2) is 0 Å². The lowest BCUT2D eigenvalue weighted by Crippen LogP contribution is -2.46. The first kappa shape index (κ1) is 15.6. The van der Waals surface area contributed by atoms with Gasteiger partial charge in [0, 0.05) is 31.3 Å². The van der Waals surface area contributed by atoms with Crippen LogP contribution in [0.4, 0.5) is 0 Å². The van der Waals surface area contributed by atoms with Crippen LogP contribution in [0.3, 0.4) is 0 Å². The summed E-state index contributed by atoms with van der Waals surface area (Å²) in [5, 5.41) is 7.07. The molecule has 0 unspecified atom stereocenters. The molecule has 0 aromatic heterocycles. The predicted octanol–water partition coefficient (Wildman–Crippen LogP) is 0.599. The molecule has 2 fully saturated rings. The smallest absolute Gasteiger partial charge is 0.230 e. The first-order valence-electron chi connectivity index (χ1n) is 7.52. The van der Waals surface area contributed by atoms with Crippen LogP contribution in [-0.2, 0) is 9.59 Å². The summed E-state index contributed by atoms with van der Waals surface area (Å²) >= 11 is 1.78. The van der Waals surface area contributed by atoms with Crippen molar-refractivity contribution in [3.8, 4) is 0 Å². The first-order chi connectivity index (χ1) is 9.65. The summed E-state index contributed by atoms with van der Waals surface area (Å²) in [6, 6.07) is 0.242. The standard InChI is InChI=1S/C14H25N3O2S/c1-11(18)17-8-4-12(5-9-17)16-14(19)10-20-13-2-6-15-7-3-13/h12-13,15H,2-10H2,1H3,(H,16,19). The molecule has 2 saturated heterocycles. The zero-order chi connectivity index (χ0) is 14.4. The maximum Gasteiger partial charge on any atom is 0.230 e. The van der Waals surface area contributed by atoms with Crippen molar-refractivity contribution in [3.63, 3.8) is 0 Å². The van der Waals surface area contributed by atoms with Crippen LogP contribution in [0.25, 0.3) is 0 Å². The number of carbonyl (C=O) groups excluding carboxylic acids is 2. The maximum atomic E-state index is 11.9. The van der Waals surface area contributed by atoms with Gasteiger partial charge < -0.3 is 15.5 Å². The molecule has 2 aliphatic heterocycles. The number of nitrogens with zero attached hydrogens (tertiary/aromatic N) is 1. The van der Waals surface area contributed by atoms with Gasteiger partial charge in [0.2, 0.25) is 11.8 Å². The minimum Gasteiger partial charge on any atom is -0.353 e. The lowest BCUT2D eigenvalue weighted by molar-refractivity contribution is -0.130. The van der Waals surface area contributed by atoms with Crippen LogP contribution in [0.5, 0.6) is 0 Å². The Hall–Kier alpha value is -0.750. The van der Waals surface area contributed by atoms with Crippen molar-refractivity contribution in [1.29, 1.82) is 0 Å².